The van der Waals surface area contributed by atoms with Gasteiger partial charge >= 0.3 is 0 Å². The summed E-state index contributed by atoms with van der Waals surface area (Å²) in [6.45, 7) is 1.59. The van der Waals surface area contributed by atoms with Gasteiger partial charge in [0.1, 0.15) is 0 Å². The SMILES string of the molecule is CC(C#N)(N=[N+]=[N-])c1ccccc1. The molecule has 1 atom stereocenters. The molecular weight excluding hydrogens is 164 g/mol. The Kier molecular flexibility index (Phi) is 2.53. The molecule has 0 aliphatic rings. The lowest BCUT2D eigenvalue weighted by atomic mass is 9.95. The Morgan fingerprint density at radius 2 is 2.08 bits per heavy atom. The van der Waals surface area contributed by atoms with Crippen LogP contribution in [0.15, 0.2) is 35.4 Å². The Hall–Kier alpha value is -1.98. The van der Waals surface area contributed by atoms with Gasteiger partial charge in [0.05, 0.1) is 6.07 Å². The molecule has 0 N–H and O–H groups in total. The molecule has 0 spiro atoms. The topological polar surface area (TPSA) is 72.5 Å². The van der Waals surface area contributed by atoms with Crippen LogP contribution < -0.4 is 0 Å². The normalized spacial score (nSPS) is 13.5. The highest BCUT2D eigenvalue weighted by molar-refractivity contribution is 5.30. The Bertz CT molecular complexity index is 372. The van der Waals surface area contributed by atoms with Crippen molar-refractivity contribution < 1.29 is 0 Å². The second-order valence-electron chi connectivity index (χ2n) is 2.74. The van der Waals surface area contributed by atoms with Crippen LogP contribution in [0.1, 0.15) is 12.5 Å². The Labute approximate surface area is 76.1 Å². The van der Waals surface area contributed by atoms with E-state index < -0.39 is 5.54 Å². The molecule has 0 fully saturated rings. The number of azide groups is 1. The van der Waals surface area contributed by atoms with Gasteiger partial charge in [-0.25, -0.2) is 0 Å². The summed E-state index contributed by atoms with van der Waals surface area (Å²) in [5.74, 6) is 0. The van der Waals surface area contributed by atoms with Gasteiger partial charge in [-0.2, -0.15) is 5.26 Å². The first-order chi connectivity index (χ1) is 6.23. The van der Waals surface area contributed by atoms with Gasteiger partial charge in [0.25, 0.3) is 0 Å². The fourth-order valence-electron chi connectivity index (χ4n) is 0.997. The van der Waals surface area contributed by atoms with E-state index in [1.807, 2.05) is 12.1 Å². The van der Waals surface area contributed by atoms with Crippen LogP contribution in [-0.2, 0) is 5.54 Å². The average Bonchev–Trinajstić information content (AvgIpc) is 2.19. The molecule has 1 aromatic rings. The molecular formula is C9H8N4. The standard InChI is InChI=1S/C9H8N4/c1-9(7-10,12-13-11)8-5-3-2-4-6-8/h2-6H,1H3. The summed E-state index contributed by atoms with van der Waals surface area (Å²) >= 11 is 0. The first-order valence-electron chi connectivity index (χ1n) is 3.76. The van der Waals surface area contributed by atoms with Crippen molar-refractivity contribution in [3.8, 4) is 6.07 Å². The van der Waals surface area contributed by atoms with Gasteiger partial charge < -0.3 is 0 Å². The van der Waals surface area contributed by atoms with Crippen molar-refractivity contribution in [2.45, 2.75) is 12.5 Å². The molecule has 1 aromatic carbocycles. The van der Waals surface area contributed by atoms with Crippen molar-refractivity contribution in [3.63, 3.8) is 0 Å². The maximum Gasteiger partial charge on any atom is 0.158 e. The minimum Gasteiger partial charge on any atom is -0.197 e. The molecule has 0 saturated carbocycles. The molecule has 0 bridgehead atoms. The van der Waals surface area contributed by atoms with E-state index in [2.05, 4.69) is 10.0 Å². The number of hydrogen-bond acceptors (Lipinski definition) is 2. The maximum absolute atomic E-state index is 8.85. The molecule has 0 radical (unpaired) electrons. The summed E-state index contributed by atoms with van der Waals surface area (Å²) in [6, 6.07) is 11.0. The van der Waals surface area contributed by atoms with E-state index in [-0.39, 0.29) is 0 Å². The number of hydrogen-bond donors (Lipinski definition) is 0. The van der Waals surface area contributed by atoms with Crippen LogP contribution in [0, 0.1) is 11.3 Å². The molecule has 0 amide bonds. The van der Waals surface area contributed by atoms with E-state index in [4.69, 9.17) is 10.8 Å². The quantitative estimate of drug-likeness (QED) is 0.384. The fraction of sp³-hybridized carbons (Fsp3) is 0.222. The first kappa shape index (κ1) is 9.11. The largest absolute Gasteiger partial charge is 0.197 e. The van der Waals surface area contributed by atoms with Crippen LogP contribution >= 0.6 is 0 Å². The molecule has 1 rings (SSSR count). The van der Waals surface area contributed by atoms with Crippen molar-refractivity contribution in [1.29, 1.82) is 5.26 Å². The zero-order valence-electron chi connectivity index (χ0n) is 7.18. The van der Waals surface area contributed by atoms with E-state index in [1.165, 1.54) is 0 Å². The second-order valence-corrected chi connectivity index (χ2v) is 2.74. The number of rotatable bonds is 2. The van der Waals surface area contributed by atoms with Crippen LogP contribution in [0.4, 0.5) is 0 Å². The van der Waals surface area contributed by atoms with Gasteiger partial charge in [-0.3, -0.25) is 0 Å². The molecule has 4 nitrogen and oxygen atoms in total. The fourth-order valence-corrected chi connectivity index (χ4v) is 0.997. The molecule has 13 heavy (non-hydrogen) atoms. The molecule has 4 heteroatoms. The highest BCUT2D eigenvalue weighted by Crippen LogP contribution is 2.23. The third kappa shape index (κ3) is 1.78. The van der Waals surface area contributed by atoms with E-state index in [1.54, 1.807) is 31.2 Å². The zero-order valence-corrected chi connectivity index (χ0v) is 7.18. The van der Waals surface area contributed by atoms with Crippen molar-refractivity contribution in [1.82, 2.24) is 0 Å². The minimum atomic E-state index is -1.10. The van der Waals surface area contributed by atoms with Gasteiger partial charge in [0.15, 0.2) is 5.54 Å². The average molecular weight is 172 g/mol. The summed E-state index contributed by atoms with van der Waals surface area (Å²) < 4.78 is 0. The number of benzene rings is 1. The van der Waals surface area contributed by atoms with E-state index in [0.29, 0.717) is 5.56 Å². The van der Waals surface area contributed by atoms with E-state index in [0.717, 1.165) is 0 Å². The van der Waals surface area contributed by atoms with Gasteiger partial charge in [0.2, 0.25) is 0 Å². The molecule has 1 unspecified atom stereocenters. The predicted molar refractivity (Wildman–Crippen MR) is 48.6 cm³/mol. The van der Waals surface area contributed by atoms with E-state index in [9.17, 15) is 0 Å². The van der Waals surface area contributed by atoms with Crippen molar-refractivity contribution in [2.24, 2.45) is 5.11 Å². The highest BCUT2D eigenvalue weighted by Gasteiger charge is 2.23. The molecule has 0 saturated heterocycles. The third-order valence-electron chi connectivity index (χ3n) is 1.80. The summed E-state index contributed by atoms with van der Waals surface area (Å²) in [7, 11) is 0. The van der Waals surface area contributed by atoms with E-state index >= 15 is 0 Å². The Balaban J connectivity index is 3.20. The van der Waals surface area contributed by atoms with Gasteiger partial charge in [0, 0.05) is 4.91 Å². The second kappa shape index (κ2) is 3.61. The van der Waals surface area contributed by atoms with Crippen LogP contribution in [0.5, 0.6) is 0 Å². The van der Waals surface area contributed by atoms with Gasteiger partial charge in [-0.1, -0.05) is 35.4 Å². The minimum absolute atomic E-state index is 0.704. The Morgan fingerprint density at radius 3 is 2.54 bits per heavy atom. The van der Waals surface area contributed by atoms with Crippen molar-refractivity contribution >= 4 is 0 Å². The summed E-state index contributed by atoms with van der Waals surface area (Å²) in [5, 5.41) is 12.3. The highest BCUT2D eigenvalue weighted by atomic mass is 15.2. The molecule has 0 aliphatic heterocycles. The van der Waals surface area contributed by atoms with Crippen LogP contribution in [0.2, 0.25) is 0 Å². The zero-order chi connectivity index (χ0) is 9.73. The molecule has 64 valence electrons. The lowest BCUT2D eigenvalue weighted by molar-refractivity contribution is 0.641. The summed E-state index contributed by atoms with van der Waals surface area (Å²) in [5.41, 5.74) is 7.90. The first-order valence-corrected chi connectivity index (χ1v) is 3.76. The van der Waals surface area contributed by atoms with Gasteiger partial charge in [-0.05, 0) is 18.0 Å². The number of nitrogens with zero attached hydrogens (tertiary/aromatic N) is 4. The van der Waals surface area contributed by atoms with Crippen molar-refractivity contribution in [3.05, 3.63) is 46.3 Å². The molecule has 0 aliphatic carbocycles. The molecule has 0 heterocycles. The van der Waals surface area contributed by atoms with Crippen LogP contribution in [0.25, 0.3) is 10.4 Å². The monoisotopic (exact) mass is 172 g/mol. The number of nitriles is 1. The maximum atomic E-state index is 8.85. The summed E-state index contributed by atoms with van der Waals surface area (Å²) in [4.78, 5) is 2.66. The smallest absolute Gasteiger partial charge is 0.158 e. The lowest BCUT2D eigenvalue weighted by Crippen LogP contribution is -2.14. The van der Waals surface area contributed by atoms with Crippen LogP contribution in [-0.4, -0.2) is 0 Å². The van der Waals surface area contributed by atoms with Crippen LogP contribution in [0.3, 0.4) is 0 Å². The lowest BCUT2D eigenvalue weighted by Gasteiger charge is -2.14. The molecule has 0 aromatic heterocycles. The Morgan fingerprint density at radius 1 is 1.46 bits per heavy atom. The predicted octanol–water partition coefficient (Wildman–Crippen LogP) is 2.74. The van der Waals surface area contributed by atoms with Crippen molar-refractivity contribution in [2.75, 3.05) is 0 Å². The van der Waals surface area contributed by atoms with Gasteiger partial charge in [-0.15, -0.1) is 0 Å². The summed E-state index contributed by atoms with van der Waals surface area (Å²) in [6.07, 6.45) is 0. The third-order valence-corrected chi connectivity index (χ3v) is 1.80.